The number of hydrogen-bond acceptors (Lipinski definition) is 4. The highest BCUT2D eigenvalue weighted by Gasteiger charge is 2.29. The van der Waals surface area contributed by atoms with Gasteiger partial charge in [-0.3, -0.25) is 0 Å². The first kappa shape index (κ1) is 12.0. The van der Waals surface area contributed by atoms with Gasteiger partial charge < -0.3 is 9.80 Å². The molecule has 0 N–H and O–H groups in total. The fourth-order valence-electron chi connectivity index (χ4n) is 2.52. The van der Waals surface area contributed by atoms with Crippen molar-refractivity contribution in [1.29, 1.82) is 0 Å². The molecule has 1 atom stereocenters. The number of aromatic nitrogens is 2. The molecule has 1 aliphatic rings. The van der Waals surface area contributed by atoms with Gasteiger partial charge in [0.2, 0.25) is 0 Å². The van der Waals surface area contributed by atoms with Crippen molar-refractivity contribution in [1.82, 2.24) is 9.97 Å². The largest absolute Gasteiger partial charge is 0.352 e. The van der Waals surface area contributed by atoms with Crippen molar-refractivity contribution in [2.75, 3.05) is 23.4 Å². The van der Waals surface area contributed by atoms with Crippen molar-refractivity contribution in [3.63, 3.8) is 0 Å². The number of fused-ring (bicyclic) bond motifs is 1. The third-order valence-corrected chi connectivity index (χ3v) is 3.76. The van der Waals surface area contributed by atoms with Crippen LogP contribution < -0.4 is 9.80 Å². The van der Waals surface area contributed by atoms with Gasteiger partial charge in [-0.05, 0) is 25.5 Å². The maximum absolute atomic E-state index is 4.52. The molecular weight excluding hydrogens is 236 g/mol. The standard InChI is InChI=1S/C15H18N4/c1-11-6-4-5-7-13(11)19-10-12(2)18(3)14-15(19)17-9-8-16-14/h4-9,12H,10H2,1-3H3/t12-/m0/s1. The Labute approximate surface area is 113 Å². The van der Waals surface area contributed by atoms with Gasteiger partial charge in [-0.1, -0.05) is 18.2 Å². The van der Waals surface area contributed by atoms with Gasteiger partial charge in [0, 0.05) is 37.7 Å². The number of aryl methyl sites for hydroxylation is 1. The van der Waals surface area contributed by atoms with Crippen molar-refractivity contribution < 1.29 is 0 Å². The zero-order valence-electron chi connectivity index (χ0n) is 11.5. The van der Waals surface area contributed by atoms with Crippen molar-refractivity contribution in [2.24, 2.45) is 0 Å². The van der Waals surface area contributed by atoms with Crippen LogP contribution in [0.1, 0.15) is 12.5 Å². The topological polar surface area (TPSA) is 32.3 Å². The van der Waals surface area contributed by atoms with Crippen LogP contribution in [-0.4, -0.2) is 29.6 Å². The van der Waals surface area contributed by atoms with E-state index in [-0.39, 0.29) is 0 Å². The number of hydrogen-bond donors (Lipinski definition) is 0. The molecule has 4 nitrogen and oxygen atoms in total. The summed E-state index contributed by atoms with van der Waals surface area (Å²) in [5.74, 6) is 1.89. The molecule has 0 aliphatic carbocycles. The van der Waals surface area contributed by atoms with Gasteiger partial charge in [-0.2, -0.15) is 0 Å². The third kappa shape index (κ3) is 1.93. The van der Waals surface area contributed by atoms with Gasteiger partial charge in [0.25, 0.3) is 0 Å². The number of nitrogens with zero attached hydrogens (tertiary/aromatic N) is 4. The Kier molecular flexibility index (Phi) is 2.85. The molecule has 98 valence electrons. The average molecular weight is 254 g/mol. The van der Waals surface area contributed by atoms with E-state index in [1.807, 2.05) is 0 Å². The highest BCUT2D eigenvalue weighted by molar-refractivity contribution is 5.74. The molecule has 0 fully saturated rings. The molecule has 0 saturated carbocycles. The lowest BCUT2D eigenvalue weighted by Crippen LogP contribution is -2.44. The number of para-hydroxylation sites is 1. The van der Waals surface area contributed by atoms with Crippen LogP contribution in [0.4, 0.5) is 17.3 Å². The van der Waals surface area contributed by atoms with Crippen LogP contribution in [0.2, 0.25) is 0 Å². The van der Waals surface area contributed by atoms with Gasteiger partial charge in [-0.25, -0.2) is 9.97 Å². The molecule has 3 rings (SSSR count). The Morgan fingerprint density at radius 2 is 1.79 bits per heavy atom. The van der Waals surface area contributed by atoms with E-state index in [0.29, 0.717) is 6.04 Å². The molecular formula is C15H18N4. The summed E-state index contributed by atoms with van der Waals surface area (Å²) in [7, 11) is 2.08. The third-order valence-electron chi connectivity index (χ3n) is 3.76. The predicted octanol–water partition coefficient (Wildman–Crippen LogP) is 2.76. The van der Waals surface area contributed by atoms with Gasteiger partial charge in [0.05, 0.1) is 0 Å². The van der Waals surface area contributed by atoms with Crippen LogP contribution in [0.25, 0.3) is 0 Å². The second-order valence-corrected chi connectivity index (χ2v) is 5.06. The molecule has 0 radical (unpaired) electrons. The monoisotopic (exact) mass is 254 g/mol. The summed E-state index contributed by atoms with van der Waals surface area (Å²) in [6, 6.07) is 8.82. The Morgan fingerprint density at radius 1 is 1.11 bits per heavy atom. The van der Waals surface area contributed by atoms with Crippen LogP contribution in [0.3, 0.4) is 0 Å². The molecule has 2 aromatic rings. The SMILES string of the molecule is Cc1ccccc1N1C[C@H](C)N(C)c2nccnc21. The van der Waals surface area contributed by atoms with Crippen molar-refractivity contribution in [3.05, 3.63) is 42.2 Å². The van der Waals surface area contributed by atoms with Crippen molar-refractivity contribution in [3.8, 4) is 0 Å². The van der Waals surface area contributed by atoms with Crippen LogP contribution in [0.5, 0.6) is 0 Å². The maximum Gasteiger partial charge on any atom is 0.176 e. The minimum atomic E-state index is 0.406. The summed E-state index contributed by atoms with van der Waals surface area (Å²) in [4.78, 5) is 13.5. The van der Waals surface area contributed by atoms with Gasteiger partial charge in [0.1, 0.15) is 0 Å². The summed E-state index contributed by atoms with van der Waals surface area (Å²) in [5.41, 5.74) is 2.47. The molecule has 1 aliphatic heterocycles. The minimum absolute atomic E-state index is 0.406. The van der Waals surface area contributed by atoms with Gasteiger partial charge >= 0.3 is 0 Å². The molecule has 0 bridgehead atoms. The zero-order chi connectivity index (χ0) is 13.4. The van der Waals surface area contributed by atoms with E-state index in [1.165, 1.54) is 11.3 Å². The van der Waals surface area contributed by atoms with Crippen LogP contribution in [0, 0.1) is 6.92 Å². The normalized spacial score (nSPS) is 18.4. The Hall–Kier alpha value is -2.10. The number of benzene rings is 1. The van der Waals surface area contributed by atoms with E-state index in [0.717, 1.165) is 18.2 Å². The summed E-state index contributed by atoms with van der Waals surface area (Å²) in [5, 5.41) is 0. The number of rotatable bonds is 1. The van der Waals surface area contributed by atoms with E-state index in [4.69, 9.17) is 0 Å². The summed E-state index contributed by atoms with van der Waals surface area (Å²) >= 11 is 0. The fraction of sp³-hybridized carbons (Fsp3) is 0.333. The fourth-order valence-corrected chi connectivity index (χ4v) is 2.52. The molecule has 1 aromatic carbocycles. The van der Waals surface area contributed by atoms with Crippen LogP contribution in [-0.2, 0) is 0 Å². The van der Waals surface area contributed by atoms with Gasteiger partial charge in [0.15, 0.2) is 11.6 Å². The molecule has 4 heteroatoms. The second kappa shape index (κ2) is 4.53. The van der Waals surface area contributed by atoms with E-state index in [9.17, 15) is 0 Å². The highest BCUT2D eigenvalue weighted by atomic mass is 15.3. The van der Waals surface area contributed by atoms with Crippen LogP contribution >= 0.6 is 0 Å². The molecule has 0 unspecified atom stereocenters. The molecule has 0 saturated heterocycles. The Balaban J connectivity index is 2.13. The number of anilines is 3. The van der Waals surface area contributed by atoms with E-state index in [1.54, 1.807) is 12.4 Å². The lowest BCUT2D eigenvalue weighted by molar-refractivity contribution is 0.644. The first-order valence-electron chi connectivity index (χ1n) is 6.55. The van der Waals surface area contributed by atoms with Crippen molar-refractivity contribution >= 4 is 17.3 Å². The predicted molar refractivity (Wildman–Crippen MR) is 78.1 cm³/mol. The van der Waals surface area contributed by atoms with Gasteiger partial charge in [-0.15, -0.1) is 0 Å². The Bertz CT molecular complexity index is 596. The lowest BCUT2D eigenvalue weighted by atomic mass is 10.1. The highest BCUT2D eigenvalue weighted by Crippen LogP contribution is 2.36. The first-order valence-corrected chi connectivity index (χ1v) is 6.55. The maximum atomic E-state index is 4.52. The van der Waals surface area contributed by atoms with Crippen molar-refractivity contribution in [2.45, 2.75) is 19.9 Å². The minimum Gasteiger partial charge on any atom is -0.352 e. The summed E-state index contributed by atoms with van der Waals surface area (Å²) in [6.45, 7) is 5.27. The summed E-state index contributed by atoms with van der Waals surface area (Å²) in [6.07, 6.45) is 3.51. The van der Waals surface area contributed by atoms with Crippen LogP contribution in [0.15, 0.2) is 36.7 Å². The van der Waals surface area contributed by atoms with E-state index in [2.05, 4.69) is 64.9 Å². The molecule has 1 aromatic heterocycles. The first-order chi connectivity index (χ1) is 9.18. The van der Waals surface area contributed by atoms with E-state index >= 15 is 0 Å². The van der Waals surface area contributed by atoms with E-state index < -0.39 is 0 Å². The molecule has 0 spiro atoms. The quantitative estimate of drug-likeness (QED) is 0.783. The molecule has 0 amide bonds. The zero-order valence-corrected chi connectivity index (χ0v) is 11.5. The average Bonchev–Trinajstić information content (AvgIpc) is 2.44. The second-order valence-electron chi connectivity index (χ2n) is 5.06. The number of likely N-dealkylation sites (N-methyl/N-ethyl adjacent to an activating group) is 1. The molecule has 2 heterocycles. The lowest BCUT2D eigenvalue weighted by Gasteiger charge is -2.39. The smallest absolute Gasteiger partial charge is 0.176 e. The molecule has 19 heavy (non-hydrogen) atoms. The Morgan fingerprint density at radius 3 is 2.53 bits per heavy atom. The summed E-state index contributed by atoms with van der Waals surface area (Å²) < 4.78 is 0.